The highest BCUT2D eigenvalue weighted by atomic mass is 127. The summed E-state index contributed by atoms with van der Waals surface area (Å²) in [6, 6.07) is 11.3. The molecule has 1 atom stereocenters. The van der Waals surface area contributed by atoms with Crippen LogP contribution >= 0.6 is 24.0 Å². The molecule has 1 saturated heterocycles. The number of guanidine groups is 1. The molecule has 1 fully saturated rings. The zero-order valence-corrected chi connectivity index (χ0v) is 19.0. The van der Waals surface area contributed by atoms with E-state index in [-0.39, 0.29) is 29.5 Å². The quantitative estimate of drug-likeness (QED) is 0.247. The average molecular weight is 473 g/mol. The van der Waals surface area contributed by atoms with E-state index >= 15 is 0 Å². The molecule has 6 heteroatoms. The van der Waals surface area contributed by atoms with Crippen LogP contribution in [0.4, 0.5) is 0 Å². The third kappa shape index (κ3) is 8.68. The molecular formula is C20H36IN5. The first-order chi connectivity index (χ1) is 12.0. The van der Waals surface area contributed by atoms with Crippen LogP contribution in [0, 0.1) is 0 Å². The predicted molar refractivity (Wildman–Crippen MR) is 122 cm³/mol. The summed E-state index contributed by atoms with van der Waals surface area (Å²) in [5.41, 5.74) is 1.55. The van der Waals surface area contributed by atoms with Crippen molar-refractivity contribution in [1.82, 2.24) is 20.9 Å². The van der Waals surface area contributed by atoms with E-state index in [1.54, 1.807) is 0 Å². The Morgan fingerprint density at radius 1 is 1.15 bits per heavy atom. The highest BCUT2D eigenvalue weighted by Crippen LogP contribution is 2.19. The number of nitrogens with zero attached hydrogens (tertiary/aromatic N) is 2. The second-order valence-corrected chi connectivity index (χ2v) is 7.81. The van der Waals surface area contributed by atoms with Crippen molar-refractivity contribution in [3.63, 3.8) is 0 Å². The van der Waals surface area contributed by atoms with Crippen LogP contribution in [0.3, 0.4) is 0 Å². The normalized spacial score (nSPS) is 18.5. The zero-order chi connectivity index (χ0) is 18.1. The molecule has 1 unspecified atom stereocenters. The number of halogens is 1. The van der Waals surface area contributed by atoms with Gasteiger partial charge in [-0.3, -0.25) is 9.89 Å². The van der Waals surface area contributed by atoms with E-state index in [2.05, 4.69) is 76.9 Å². The lowest BCUT2D eigenvalue weighted by Crippen LogP contribution is -2.47. The molecule has 0 saturated carbocycles. The van der Waals surface area contributed by atoms with Gasteiger partial charge in [0.15, 0.2) is 5.96 Å². The van der Waals surface area contributed by atoms with Crippen molar-refractivity contribution in [2.75, 3.05) is 33.2 Å². The van der Waals surface area contributed by atoms with Crippen LogP contribution in [-0.4, -0.2) is 55.7 Å². The Morgan fingerprint density at radius 2 is 1.88 bits per heavy atom. The summed E-state index contributed by atoms with van der Waals surface area (Å²) in [5.74, 6) is 0.891. The molecule has 1 aromatic carbocycles. The lowest BCUT2D eigenvalue weighted by molar-refractivity contribution is 0.245. The smallest absolute Gasteiger partial charge is 0.191 e. The molecule has 0 radical (unpaired) electrons. The minimum Gasteiger partial charge on any atom is -0.355 e. The minimum atomic E-state index is 0. The molecule has 1 aliphatic heterocycles. The first-order valence-corrected chi connectivity index (χ1v) is 9.45. The summed E-state index contributed by atoms with van der Waals surface area (Å²) in [5, 5.41) is 10.4. The second-order valence-electron chi connectivity index (χ2n) is 7.81. The van der Waals surface area contributed by atoms with Gasteiger partial charge in [0.05, 0.1) is 0 Å². The maximum absolute atomic E-state index is 4.34. The molecule has 3 N–H and O–H groups in total. The van der Waals surface area contributed by atoms with Crippen LogP contribution in [0.2, 0.25) is 0 Å². The van der Waals surface area contributed by atoms with Gasteiger partial charge >= 0.3 is 0 Å². The van der Waals surface area contributed by atoms with E-state index in [1.165, 1.54) is 24.9 Å². The van der Waals surface area contributed by atoms with Gasteiger partial charge in [-0.2, -0.15) is 0 Å². The lowest BCUT2D eigenvalue weighted by Gasteiger charge is -2.26. The highest BCUT2D eigenvalue weighted by Gasteiger charge is 2.24. The zero-order valence-electron chi connectivity index (χ0n) is 16.7. The van der Waals surface area contributed by atoms with Crippen molar-refractivity contribution in [3.05, 3.63) is 35.9 Å². The summed E-state index contributed by atoms with van der Waals surface area (Å²) in [7, 11) is 1.84. The fourth-order valence-corrected chi connectivity index (χ4v) is 3.21. The number of likely N-dealkylation sites (tertiary alicyclic amines) is 1. The van der Waals surface area contributed by atoms with Crippen molar-refractivity contribution in [2.45, 2.75) is 51.7 Å². The van der Waals surface area contributed by atoms with E-state index in [1.807, 2.05) is 7.05 Å². The van der Waals surface area contributed by atoms with Gasteiger partial charge in [-0.25, -0.2) is 0 Å². The van der Waals surface area contributed by atoms with Crippen molar-refractivity contribution >= 4 is 29.9 Å². The summed E-state index contributed by atoms with van der Waals surface area (Å²) >= 11 is 0. The van der Waals surface area contributed by atoms with Crippen LogP contribution in [0.1, 0.15) is 39.2 Å². The molecule has 26 heavy (non-hydrogen) atoms. The standard InChI is InChI=1S/C20H35N5.HI/c1-20(2,3)24-13-12-22-19(21-4)23-15-18-11-8-14-25(18)16-17-9-6-5-7-10-17;/h5-7,9-10,18,24H,8,11-16H2,1-4H3,(H2,21,22,23);1H. The van der Waals surface area contributed by atoms with Gasteiger partial charge in [0.1, 0.15) is 0 Å². The molecule has 1 heterocycles. The van der Waals surface area contributed by atoms with E-state index in [0.717, 1.165) is 32.1 Å². The van der Waals surface area contributed by atoms with Crippen LogP contribution in [0.15, 0.2) is 35.3 Å². The van der Waals surface area contributed by atoms with Crippen molar-refractivity contribution < 1.29 is 0 Å². The fraction of sp³-hybridized carbons (Fsp3) is 0.650. The largest absolute Gasteiger partial charge is 0.355 e. The van der Waals surface area contributed by atoms with Gasteiger partial charge in [-0.15, -0.1) is 24.0 Å². The van der Waals surface area contributed by atoms with E-state index in [0.29, 0.717) is 6.04 Å². The van der Waals surface area contributed by atoms with Gasteiger partial charge in [0.25, 0.3) is 0 Å². The van der Waals surface area contributed by atoms with Crippen LogP contribution < -0.4 is 16.0 Å². The van der Waals surface area contributed by atoms with E-state index in [9.17, 15) is 0 Å². The van der Waals surface area contributed by atoms with Crippen molar-refractivity contribution in [2.24, 2.45) is 4.99 Å². The van der Waals surface area contributed by atoms with Crippen molar-refractivity contribution in [1.29, 1.82) is 0 Å². The molecule has 0 amide bonds. The number of hydrogen-bond donors (Lipinski definition) is 3. The fourth-order valence-electron chi connectivity index (χ4n) is 3.21. The van der Waals surface area contributed by atoms with Gasteiger partial charge < -0.3 is 16.0 Å². The molecule has 1 aliphatic rings. The number of benzene rings is 1. The lowest BCUT2D eigenvalue weighted by atomic mass is 10.1. The minimum absolute atomic E-state index is 0. The SMILES string of the molecule is CN=C(NCCNC(C)(C)C)NCC1CCCN1Cc1ccccc1.I. The molecule has 0 aliphatic carbocycles. The molecule has 0 aromatic heterocycles. The van der Waals surface area contributed by atoms with Gasteiger partial charge in [-0.1, -0.05) is 30.3 Å². The van der Waals surface area contributed by atoms with Gasteiger partial charge in [0, 0.05) is 44.8 Å². The molecule has 1 aromatic rings. The summed E-state index contributed by atoms with van der Waals surface area (Å²) in [6.45, 7) is 11.5. The highest BCUT2D eigenvalue weighted by molar-refractivity contribution is 14.0. The Kier molecular flexibility index (Phi) is 10.5. The Hall–Kier alpha value is -0.860. The molecular weight excluding hydrogens is 437 g/mol. The topological polar surface area (TPSA) is 51.7 Å². The summed E-state index contributed by atoms with van der Waals surface area (Å²) in [4.78, 5) is 6.92. The first kappa shape index (κ1) is 23.2. The van der Waals surface area contributed by atoms with E-state index in [4.69, 9.17) is 0 Å². The predicted octanol–water partition coefficient (Wildman–Crippen LogP) is 2.82. The molecule has 0 bridgehead atoms. The third-order valence-electron chi connectivity index (χ3n) is 4.53. The maximum atomic E-state index is 4.34. The van der Waals surface area contributed by atoms with Crippen LogP contribution in [-0.2, 0) is 6.54 Å². The monoisotopic (exact) mass is 473 g/mol. The van der Waals surface area contributed by atoms with Crippen LogP contribution in [0.5, 0.6) is 0 Å². The van der Waals surface area contributed by atoms with Gasteiger partial charge in [0.2, 0.25) is 0 Å². The first-order valence-electron chi connectivity index (χ1n) is 9.45. The Balaban J connectivity index is 0.00000338. The second kappa shape index (κ2) is 11.8. The number of nitrogens with one attached hydrogen (secondary N) is 3. The molecule has 5 nitrogen and oxygen atoms in total. The Morgan fingerprint density at radius 3 is 2.54 bits per heavy atom. The van der Waals surface area contributed by atoms with Crippen molar-refractivity contribution in [3.8, 4) is 0 Å². The molecule has 148 valence electrons. The van der Waals surface area contributed by atoms with E-state index < -0.39 is 0 Å². The Bertz CT molecular complexity index is 527. The number of rotatable bonds is 7. The summed E-state index contributed by atoms with van der Waals surface area (Å²) in [6.07, 6.45) is 2.53. The third-order valence-corrected chi connectivity index (χ3v) is 4.53. The molecule has 2 rings (SSSR count). The average Bonchev–Trinajstić information content (AvgIpc) is 3.01. The van der Waals surface area contributed by atoms with Gasteiger partial charge in [-0.05, 0) is 45.7 Å². The maximum Gasteiger partial charge on any atom is 0.191 e. The molecule has 0 spiro atoms. The number of aliphatic imine (C=N–C) groups is 1. The number of hydrogen-bond acceptors (Lipinski definition) is 3. The van der Waals surface area contributed by atoms with Crippen LogP contribution in [0.25, 0.3) is 0 Å². The summed E-state index contributed by atoms with van der Waals surface area (Å²) < 4.78 is 0. The Labute approximate surface area is 176 Å².